The van der Waals surface area contributed by atoms with Gasteiger partial charge in [-0.1, -0.05) is 42.5 Å². The van der Waals surface area contributed by atoms with Crippen molar-refractivity contribution in [2.75, 3.05) is 7.11 Å². The second-order valence-electron chi connectivity index (χ2n) is 6.08. The highest BCUT2D eigenvalue weighted by atomic mass is 32.1. The summed E-state index contributed by atoms with van der Waals surface area (Å²) in [6.45, 7) is 2.49. The van der Waals surface area contributed by atoms with E-state index < -0.39 is 0 Å². The first-order valence-corrected chi connectivity index (χ1v) is 9.34. The molecule has 5 heteroatoms. The van der Waals surface area contributed by atoms with Crippen molar-refractivity contribution in [3.8, 4) is 5.75 Å². The molecule has 3 rings (SSSR count). The lowest BCUT2D eigenvalue weighted by Gasteiger charge is -2.04. The number of ether oxygens (including phenoxy) is 1. The second-order valence-corrected chi connectivity index (χ2v) is 7.25. The predicted molar refractivity (Wildman–Crippen MR) is 105 cm³/mol. The van der Waals surface area contributed by atoms with Crippen LogP contribution >= 0.6 is 11.3 Å². The average Bonchev–Trinajstić information content (AvgIpc) is 3.01. The first kappa shape index (κ1) is 18.1. The van der Waals surface area contributed by atoms with E-state index in [0.717, 1.165) is 28.4 Å². The number of carbonyl (C=O) groups is 1. The Morgan fingerprint density at radius 3 is 2.50 bits per heavy atom. The van der Waals surface area contributed by atoms with Gasteiger partial charge in [0, 0.05) is 11.3 Å². The molecule has 0 bridgehead atoms. The van der Waals surface area contributed by atoms with Crippen LogP contribution in [0.15, 0.2) is 54.6 Å². The summed E-state index contributed by atoms with van der Waals surface area (Å²) >= 11 is 1.67. The van der Waals surface area contributed by atoms with Crippen molar-refractivity contribution in [3.05, 3.63) is 81.3 Å². The van der Waals surface area contributed by atoms with E-state index in [-0.39, 0.29) is 5.91 Å². The van der Waals surface area contributed by atoms with E-state index in [1.807, 2.05) is 49.4 Å². The molecule has 134 valence electrons. The van der Waals surface area contributed by atoms with Gasteiger partial charge in [0.05, 0.1) is 25.8 Å². The summed E-state index contributed by atoms with van der Waals surface area (Å²) in [5.41, 5.74) is 3.27. The van der Waals surface area contributed by atoms with Gasteiger partial charge in [0.2, 0.25) is 5.91 Å². The molecule has 0 aliphatic rings. The number of aryl methyl sites for hydroxylation is 1. The molecule has 1 aromatic heterocycles. The minimum Gasteiger partial charge on any atom is -0.497 e. The lowest BCUT2D eigenvalue weighted by atomic mass is 10.1. The minimum atomic E-state index is -0.00682. The molecule has 1 N–H and O–H groups in total. The van der Waals surface area contributed by atoms with Crippen molar-refractivity contribution in [3.63, 3.8) is 0 Å². The zero-order valence-electron chi connectivity index (χ0n) is 15.0. The van der Waals surface area contributed by atoms with E-state index in [1.54, 1.807) is 18.4 Å². The van der Waals surface area contributed by atoms with Crippen LogP contribution in [0.5, 0.6) is 5.75 Å². The first-order chi connectivity index (χ1) is 12.6. The van der Waals surface area contributed by atoms with Gasteiger partial charge in [-0.3, -0.25) is 4.79 Å². The van der Waals surface area contributed by atoms with Crippen molar-refractivity contribution in [1.29, 1.82) is 0 Å². The SMILES string of the molecule is COc1ccc(CC(=O)NCc2nc(C)c(Cc3ccccc3)s2)cc1. The largest absolute Gasteiger partial charge is 0.497 e. The summed E-state index contributed by atoms with van der Waals surface area (Å²) in [5, 5.41) is 3.90. The monoisotopic (exact) mass is 366 g/mol. The summed E-state index contributed by atoms with van der Waals surface area (Å²) in [5.74, 6) is 0.783. The van der Waals surface area contributed by atoms with E-state index in [2.05, 4.69) is 22.4 Å². The Labute approximate surface area is 157 Å². The Hall–Kier alpha value is -2.66. The van der Waals surface area contributed by atoms with E-state index in [0.29, 0.717) is 13.0 Å². The standard InChI is InChI=1S/C21H22N2O2S/c1-15-19(12-16-6-4-3-5-7-16)26-21(23-15)14-22-20(24)13-17-8-10-18(25-2)11-9-17/h3-11H,12-14H2,1-2H3,(H,22,24). The van der Waals surface area contributed by atoms with Crippen LogP contribution in [0.4, 0.5) is 0 Å². The van der Waals surface area contributed by atoms with Crippen LogP contribution in [0.1, 0.15) is 26.7 Å². The number of methoxy groups -OCH3 is 1. The molecule has 0 aliphatic carbocycles. The molecule has 0 saturated heterocycles. The number of aromatic nitrogens is 1. The highest BCUT2D eigenvalue weighted by Gasteiger charge is 2.10. The smallest absolute Gasteiger partial charge is 0.224 e. The molecule has 0 radical (unpaired) electrons. The first-order valence-electron chi connectivity index (χ1n) is 8.53. The Morgan fingerprint density at radius 2 is 1.81 bits per heavy atom. The predicted octanol–water partition coefficient (Wildman–Crippen LogP) is 3.91. The normalized spacial score (nSPS) is 10.5. The fraction of sp³-hybridized carbons (Fsp3) is 0.238. The maximum Gasteiger partial charge on any atom is 0.224 e. The second kappa shape index (κ2) is 8.63. The lowest BCUT2D eigenvalue weighted by molar-refractivity contribution is -0.120. The highest BCUT2D eigenvalue weighted by molar-refractivity contribution is 7.11. The third-order valence-corrected chi connectivity index (χ3v) is 5.26. The molecule has 0 saturated carbocycles. The van der Waals surface area contributed by atoms with Crippen molar-refractivity contribution in [2.45, 2.75) is 26.3 Å². The van der Waals surface area contributed by atoms with Crippen LogP contribution in [-0.2, 0) is 24.2 Å². The molecule has 2 aromatic carbocycles. The van der Waals surface area contributed by atoms with Crippen LogP contribution in [0, 0.1) is 6.92 Å². The van der Waals surface area contributed by atoms with Gasteiger partial charge in [-0.15, -0.1) is 11.3 Å². The summed E-state index contributed by atoms with van der Waals surface area (Å²) < 4.78 is 5.13. The number of amides is 1. The number of benzene rings is 2. The van der Waals surface area contributed by atoms with Gasteiger partial charge in [-0.05, 0) is 30.2 Å². The maximum atomic E-state index is 12.2. The van der Waals surface area contributed by atoms with Crippen LogP contribution in [-0.4, -0.2) is 18.0 Å². The van der Waals surface area contributed by atoms with Gasteiger partial charge in [0.25, 0.3) is 0 Å². The Morgan fingerprint density at radius 1 is 1.08 bits per heavy atom. The van der Waals surface area contributed by atoms with E-state index >= 15 is 0 Å². The summed E-state index contributed by atoms with van der Waals surface area (Å²) in [7, 11) is 1.63. The zero-order chi connectivity index (χ0) is 18.4. The molecule has 0 aliphatic heterocycles. The van der Waals surface area contributed by atoms with Gasteiger partial charge in [-0.2, -0.15) is 0 Å². The van der Waals surface area contributed by atoms with Gasteiger partial charge in [0.1, 0.15) is 10.8 Å². The number of hydrogen-bond donors (Lipinski definition) is 1. The minimum absolute atomic E-state index is 0.00682. The summed E-state index contributed by atoms with van der Waals surface area (Å²) in [6, 6.07) is 17.9. The van der Waals surface area contributed by atoms with Crippen molar-refractivity contribution < 1.29 is 9.53 Å². The van der Waals surface area contributed by atoms with Crippen LogP contribution in [0.3, 0.4) is 0 Å². The number of nitrogens with zero attached hydrogens (tertiary/aromatic N) is 1. The maximum absolute atomic E-state index is 12.2. The summed E-state index contributed by atoms with van der Waals surface area (Å²) in [6.07, 6.45) is 1.23. The quantitative estimate of drug-likeness (QED) is 0.690. The fourth-order valence-electron chi connectivity index (χ4n) is 2.67. The third-order valence-electron chi connectivity index (χ3n) is 4.10. The zero-order valence-corrected chi connectivity index (χ0v) is 15.8. The van der Waals surface area contributed by atoms with E-state index in [4.69, 9.17) is 4.74 Å². The van der Waals surface area contributed by atoms with Crippen molar-refractivity contribution >= 4 is 17.2 Å². The number of nitrogens with one attached hydrogen (secondary N) is 1. The van der Waals surface area contributed by atoms with Crippen LogP contribution in [0.2, 0.25) is 0 Å². The Kier molecular flexibility index (Phi) is 6.02. The Balaban J connectivity index is 1.54. The van der Waals surface area contributed by atoms with Gasteiger partial charge < -0.3 is 10.1 Å². The van der Waals surface area contributed by atoms with Crippen molar-refractivity contribution in [1.82, 2.24) is 10.3 Å². The number of rotatable bonds is 7. The molecule has 0 spiro atoms. The van der Waals surface area contributed by atoms with Gasteiger partial charge in [0.15, 0.2) is 0 Å². The topological polar surface area (TPSA) is 51.2 Å². The average molecular weight is 366 g/mol. The molecule has 0 fully saturated rings. The molecule has 0 unspecified atom stereocenters. The number of thiazole rings is 1. The van der Waals surface area contributed by atoms with Gasteiger partial charge in [-0.25, -0.2) is 4.98 Å². The van der Waals surface area contributed by atoms with E-state index in [9.17, 15) is 4.79 Å². The van der Waals surface area contributed by atoms with Gasteiger partial charge >= 0.3 is 0 Å². The van der Waals surface area contributed by atoms with Crippen LogP contribution in [0.25, 0.3) is 0 Å². The molecule has 4 nitrogen and oxygen atoms in total. The summed E-state index contributed by atoms with van der Waals surface area (Å²) in [4.78, 5) is 18.0. The van der Waals surface area contributed by atoms with Crippen LogP contribution < -0.4 is 10.1 Å². The molecular formula is C21H22N2O2S. The molecule has 3 aromatic rings. The number of hydrogen-bond acceptors (Lipinski definition) is 4. The number of carbonyl (C=O) groups excluding carboxylic acids is 1. The molecule has 1 heterocycles. The molecule has 26 heavy (non-hydrogen) atoms. The van der Waals surface area contributed by atoms with Crippen molar-refractivity contribution in [2.24, 2.45) is 0 Å². The molecular weight excluding hydrogens is 344 g/mol. The molecule has 0 atom stereocenters. The Bertz CT molecular complexity index is 857. The fourth-order valence-corrected chi connectivity index (χ4v) is 3.72. The highest BCUT2D eigenvalue weighted by Crippen LogP contribution is 2.21. The third kappa shape index (κ3) is 4.92. The van der Waals surface area contributed by atoms with E-state index in [1.165, 1.54) is 10.4 Å². The molecule has 1 amide bonds. The lowest BCUT2D eigenvalue weighted by Crippen LogP contribution is -2.24.